The molecule has 1 aromatic heterocycles. The van der Waals surface area contributed by atoms with Gasteiger partial charge in [-0.1, -0.05) is 0 Å². The summed E-state index contributed by atoms with van der Waals surface area (Å²) in [5, 5.41) is 1.21. The molecule has 0 atom stereocenters. The molecule has 3 heterocycles. The highest BCUT2D eigenvalue weighted by Gasteiger charge is 2.17. The van der Waals surface area contributed by atoms with Crippen LogP contribution in [0.3, 0.4) is 0 Å². The third kappa shape index (κ3) is 2.78. The average Bonchev–Trinajstić information content (AvgIpc) is 3.00. The molecule has 2 saturated heterocycles. The maximum absolute atomic E-state index is 5.36. The molecule has 0 unspecified atom stereocenters. The zero-order valence-corrected chi connectivity index (χ0v) is 10.9. The van der Waals surface area contributed by atoms with Gasteiger partial charge >= 0.3 is 0 Å². The molecular formula is C12H19N3OS. The molecule has 3 rings (SSSR count). The first kappa shape index (κ1) is 11.4. The van der Waals surface area contributed by atoms with E-state index in [0.717, 1.165) is 32.8 Å². The zero-order valence-electron chi connectivity index (χ0n) is 10.1. The maximum Gasteiger partial charge on any atom is 0.185 e. The van der Waals surface area contributed by atoms with E-state index in [1.807, 2.05) is 17.5 Å². The molecule has 0 radical (unpaired) electrons. The van der Waals surface area contributed by atoms with Gasteiger partial charge in [0, 0.05) is 43.8 Å². The molecule has 5 heteroatoms. The van der Waals surface area contributed by atoms with Crippen LogP contribution in [0.4, 0.5) is 5.13 Å². The van der Waals surface area contributed by atoms with Crippen LogP contribution < -0.4 is 4.90 Å². The average molecular weight is 253 g/mol. The van der Waals surface area contributed by atoms with E-state index in [2.05, 4.69) is 14.8 Å². The number of rotatable bonds is 3. The molecule has 17 heavy (non-hydrogen) atoms. The summed E-state index contributed by atoms with van der Waals surface area (Å²) in [6.07, 6.45) is 4.69. The van der Waals surface area contributed by atoms with Crippen molar-refractivity contribution in [3.8, 4) is 0 Å². The summed E-state index contributed by atoms with van der Waals surface area (Å²) in [5.74, 6) is 0. The van der Waals surface area contributed by atoms with E-state index >= 15 is 0 Å². The van der Waals surface area contributed by atoms with Gasteiger partial charge in [-0.2, -0.15) is 0 Å². The normalized spacial score (nSPS) is 22.2. The standard InChI is InChI=1S/C12H19N3OS/c1-2-4-15(3-1)12-13-9-11(17-12)10-14-5-7-16-8-6-14/h9H,1-8,10H2. The van der Waals surface area contributed by atoms with Crippen molar-refractivity contribution in [3.63, 3.8) is 0 Å². The molecule has 0 bridgehead atoms. The van der Waals surface area contributed by atoms with Gasteiger partial charge in [0.25, 0.3) is 0 Å². The number of morpholine rings is 1. The van der Waals surface area contributed by atoms with Crippen LogP contribution in [0.5, 0.6) is 0 Å². The Kier molecular flexibility index (Phi) is 3.59. The number of aromatic nitrogens is 1. The SMILES string of the molecule is c1nc(N2CCCC2)sc1CN1CCOCC1. The highest BCUT2D eigenvalue weighted by atomic mass is 32.1. The lowest BCUT2D eigenvalue weighted by molar-refractivity contribution is 0.0346. The van der Waals surface area contributed by atoms with Crippen LogP contribution in [0.15, 0.2) is 6.20 Å². The summed E-state index contributed by atoms with van der Waals surface area (Å²) in [6.45, 7) is 7.26. The Labute approximate surface area is 106 Å². The predicted octanol–water partition coefficient (Wildman–Crippen LogP) is 1.58. The molecule has 0 N–H and O–H groups in total. The van der Waals surface area contributed by atoms with Gasteiger partial charge in [-0.15, -0.1) is 11.3 Å². The van der Waals surface area contributed by atoms with Crippen molar-refractivity contribution in [1.29, 1.82) is 0 Å². The van der Waals surface area contributed by atoms with E-state index in [9.17, 15) is 0 Å². The van der Waals surface area contributed by atoms with Gasteiger partial charge in [0.1, 0.15) is 0 Å². The second-order valence-electron chi connectivity index (χ2n) is 4.69. The van der Waals surface area contributed by atoms with Gasteiger partial charge in [0.2, 0.25) is 0 Å². The van der Waals surface area contributed by atoms with Crippen molar-refractivity contribution in [1.82, 2.24) is 9.88 Å². The fourth-order valence-electron chi connectivity index (χ4n) is 2.40. The van der Waals surface area contributed by atoms with Crippen molar-refractivity contribution >= 4 is 16.5 Å². The Balaban J connectivity index is 1.59. The molecule has 0 spiro atoms. The summed E-state index contributed by atoms with van der Waals surface area (Å²) in [4.78, 5) is 10.8. The van der Waals surface area contributed by atoms with Gasteiger partial charge in [-0.05, 0) is 12.8 Å². The Morgan fingerprint density at radius 1 is 1.18 bits per heavy atom. The topological polar surface area (TPSA) is 28.6 Å². The molecule has 2 fully saturated rings. The fourth-order valence-corrected chi connectivity index (χ4v) is 3.41. The molecule has 4 nitrogen and oxygen atoms in total. The van der Waals surface area contributed by atoms with E-state index in [4.69, 9.17) is 4.74 Å². The largest absolute Gasteiger partial charge is 0.379 e. The minimum Gasteiger partial charge on any atom is -0.379 e. The first-order valence-electron chi connectivity index (χ1n) is 6.41. The van der Waals surface area contributed by atoms with E-state index in [-0.39, 0.29) is 0 Å². The monoisotopic (exact) mass is 253 g/mol. The van der Waals surface area contributed by atoms with Gasteiger partial charge in [-0.25, -0.2) is 4.98 Å². The number of anilines is 1. The summed E-state index contributed by atoms with van der Waals surface area (Å²) in [7, 11) is 0. The Hall–Kier alpha value is -0.650. The molecule has 1 aromatic rings. The van der Waals surface area contributed by atoms with Crippen molar-refractivity contribution in [2.75, 3.05) is 44.3 Å². The highest BCUT2D eigenvalue weighted by molar-refractivity contribution is 7.15. The number of nitrogens with zero attached hydrogens (tertiary/aromatic N) is 3. The molecule has 0 saturated carbocycles. The molecular weight excluding hydrogens is 234 g/mol. The summed E-state index contributed by atoms with van der Waals surface area (Å²) in [5.41, 5.74) is 0. The maximum atomic E-state index is 5.36. The van der Waals surface area contributed by atoms with Gasteiger partial charge < -0.3 is 9.64 Å². The molecule has 0 amide bonds. The second-order valence-corrected chi connectivity index (χ2v) is 5.79. The predicted molar refractivity (Wildman–Crippen MR) is 69.7 cm³/mol. The first-order chi connectivity index (χ1) is 8.42. The Bertz CT molecular complexity index is 356. The number of ether oxygens (including phenoxy) is 1. The van der Waals surface area contributed by atoms with E-state index in [1.165, 1.54) is 35.9 Å². The highest BCUT2D eigenvalue weighted by Crippen LogP contribution is 2.26. The van der Waals surface area contributed by atoms with Crippen LogP contribution in [0, 0.1) is 0 Å². The third-order valence-corrected chi connectivity index (χ3v) is 4.44. The van der Waals surface area contributed by atoms with E-state index in [0.29, 0.717) is 0 Å². The van der Waals surface area contributed by atoms with E-state index < -0.39 is 0 Å². The minimum atomic E-state index is 0.873. The van der Waals surface area contributed by atoms with Gasteiger partial charge in [-0.3, -0.25) is 4.90 Å². The second kappa shape index (κ2) is 5.33. The van der Waals surface area contributed by atoms with Gasteiger partial charge in [0.05, 0.1) is 13.2 Å². The molecule has 2 aliphatic rings. The summed E-state index contributed by atoms with van der Waals surface area (Å²) < 4.78 is 5.36. The number of hydrogen-bond donors (Lipinski definition) is 0. The van der Waals surface area contributed by atoms with Crippen LogP contribution in [0.25, 0.3) is 0 Å². The van der Waals surface area contributed by atoms with E-state index in [1.54, 1.807) is 0 Å². The lowest BCUT2D eigenvalue weighted by Crippen LogP contribution is -2.35. The summed E-state index contributed by atoms with van der Waals surface area (Å²) >= 11 is 1.86. The lowest BCUT2D eigenvalue weighted by Gasteiger charge is -2.25. The quantitative estimate of drug-likeness (QED) is 0.817. The van der Waals surface area contributed by atoms with Crippen LogP contribution >= 0.6 is 11.3 Å². The molecule has 94 valence electrons. The van der Waals surface area contributed by atoms with Gasteiger partial charge in [0.15, 0.2) is 5.13 Å². The fraction of sp³-hybridized carbons (Fsp3) is 0.750. The van der Waals surface area contributed by atoms with Crippen LogP contribution in [0.2, 0.25) is 0 Å². The Morgan fingerprint density at radius 2 is 1.94 bits per heavy atom. The van der Waals surface area contributed by atoms with Crippen molar-refractivity contribution < 1.29 is 4.74 Å². The minimum absolute atomic E-state index is 0.873. The van der Waals surface area contributed by atoms with Crippen LogP contribution in [0.1, 0.15) is 17.7 Å². The first-order valence-corrected chi connectivity index (χ1v) is 7.23. The lowest BCUT2D eigenvalue weighted by atomic mass is 10.4. The van der Waals surface area contributed by atoms with Crippen molar-refractivity contribution in [3.05, 3.63) is 11.1 Å². The third-order valence-electron chi connectivity index (χ3n) is 3.40. The van der Waals surface area contributed by atoms with Crippen LogP contribution in [-0.2, 0) is 11.3 Å². The van der Waals surface area contributed by atoms with Crippen molar-refractivity contribution in [2.24, 2.45) is 0 Å². The number of thiazole rings is 1. The Morgan fingerprint density at radius 3 is 2.71 bits per heavy atom. The number of hydrogen-bond acceptors (Lipinski definition) is 5. The smallest absolute Gasteiger partial charge is 0.185 e. The molecule has 0 aromatic carbocycles. The molecule has 0 aliphatic carbocycles. The van der Waals surface area contributed by atoms with Crippen LogP contribution in [-0.4, -0.2) is 49.3 Å². The molecule has 2 aliphatic heterocycles. The summed E-state index contributed by atoms with van der Waals surface area (Å²) in [6, 6.07) is 0. The zero-order chi connectivity index (χ0) is 11.5. The van der Waals surface area contributed by atoms with Crippen molar-refractivity contribution in [2.45, 2.75) is 19.4 Å².